The minimum atomic E-state index is -3.91. The van der Waals surface area contributed by atoms with Crippen LogP contribution in [0.15, 0.2) is 89.8 Å². The van der Waals surface area contributed by atoms with E-state index in [1.54, 1.807) is 12.1 Å². The van der Waals surface area contributed by atoms with Crippen LogP contribution in [-0.2, 0) is 26.8 Å². The van der Waals surface area contributed by atoms with Crippen LogP contribution in [-0.4, -0.2) is 62.9 Å². The standard InChI is InChI=1S/C34H36Cl3N3O5S/c1-33(2,29-11-7-10-25-12-13-26(20-28(25)29)45-22-24-8-5-4-6-9-24)23-38-46(42,43)27-14-15-31(44-3)30(21-27)39-16-18-40(19-17-39)32(41)34(35,36)37/h4-15,20-21,38H,16-19,22-23H2,1-3H3. The van der Waals surface area contributed by atoms with Gasteiger partial charge < -0.3 is 19.3 Å². The van der Waals surface area contributed by atoms with Gasteiger partial charge in [0.15, 0.2) is 0 Å². The fourth-order valence-electron chi connectivity index (χ4n) is 5.54. The number of methoxy groups -OCH3 is 1. The smallest absolute Gasteiger partial charge is 0.274 e. The molecule has 4 aromatic carbocycles. The summed E-state index contributed by atoms with van der Waals surface area (Å²) in [4.78, 5) is 15.9. The fraction of sp³-hybridized carbons (Fsp3) is 0.324. The van der Waals surface area contributed by atoms with E-state index in [0.29, 0.717) is 44.2 Å². The second-order valence-corrected chi connectivity index (χ2v) is 15.8. The third kappa shape index (κ3) is 7.83. The lowest BCUT2D eigenvalue weighted by Crippen LogP contribution is -2.51. The molecule has 0 bridgehead atoms. The first-order valence-electron chi connectivity index (χ1n) is 14.8. The molecule has 1 aliphatic heterocycles. The van der Waals surface area contributed by atoms with Crippen molar-refractivity contribution in [2.75, 3.05) is 44.7 Å². The molecule has 4 aromatic rings. The maximum Gasteiger partial charge on any atom is 0.274 e. The molecule has 0 aromatic heterocycles. The predicted molar refractivity (Wildman–Crippen MR) is 185 cm³/mol. The van der Waals surface area contributed by atoms with Gasteiger partial charge in [0.25, 0.3) is 9.70 Å². The topological polar surface area (TPSA) is 88.2 Å². The van der Waals surface area contributed by atoms with Gasteiger partial charge in [0.05, 0.1) is 17.7 Å². The summed E-state index contributed by atoms with van der Waals surface area (Å²) in [6, 6.07) is 26.7. The Hall–Kier alpha value is -3.21. The Morgan fingerprint density at radius 3 is 2.28 bits per heavy atom. The molecule has 1 aliphatic rings. The van der Waals surface area contributed by atoms with E-state index in [2.05, 4.69) is 4.72 Å². The second-order valence-electron chi connectivity index (χ2n) is 11.8. The Morgan fingerprint density at radius 2 is 1.61 bits per heavy atom. The minimum Gasteiger partial charge on any atom is -0.495 e. The van der Waals surface area contributed by atoms with Gasteiger partial charge in [0, 0.05) is 38.1 Å². The minimum absolute atomic E-state index is 0.105. The fourth-order valence-corrected chi connectivity index (χ4v) is 7.13. The predicted octanol–water partition coefficient (Wildman–Crippen LogP) is 6.70. The lowest BCUT2D eigenvalue weighted by atomic mass is 9.82. The molecule has 0 atom stereocenters. The number of carbonyl (C=O) groups excluding carboxylic acids is 1. The first kappa shape index (κ1) is 34.1. The number of alkyl halides is 3. The number of fused-ring (bicyclic) bond motifs is 1. The number of amides is 1. The molecule has 5 rings (SSSR count). The number of sulfonamides is 1. The quantitative estimate of drug-likeness (QED) is 0.185. The molecule has 0 unspecified atom stereocenters. The van der Waals surface area contributed by atoms with Gasteiger partial charge in [-0.05, 0) is 52.2 Å². The van der Waals surface area contributed by atoms with E-state index >= 15 is 0 Å². The zero-order chi connectivity index (χ0) is 33.1. The number of ether oxygens (including phenoxy) is 2. The van der Waals surface area contributed by atoms with Crippen molar-refractivity contribution in [3.63, 3.8) is 0 Å². The largest absolute Gasteiger partial charge is 0.495 e. The van der Waals surface area contributed by atoms with E-state index in [-0.39, 0.29) is 11.4 Å². The van der Waals surface area contributed by atoms with Crippen LogP contribution in [0.4, 0.5) is 5.69 Å². The third-order valence-electron chi connectivity index (χ3n) is 8.15. The first-order valence-corrected chi connectivity index (χ1v) is 17.4. The molecule has 8 nitrogen and oxygen atoms in total. The van der Waals surface area contributed by atoms with Crippen LogP contribution in [0, 0.1) is 0 Å². The van der Waals surface area contributed by atoms with E-state index in [4.69, 9.17) is 44.3 Å². The maximum atomic E-state index is 13.6. The number of carbonyl (C=O) groups is 1. The van der Waals surface area contributed by atoms with Gasteiger partial charge >= 0.3 is 0 Å². The zero-order valence-corrected chi connectivity index (χ0v) is 28.9. The summed E-state index contributed by atoms with van der Waals surface area (Å²) in [6.45, 7) is 6.06. The van der Waals surface area contributed by atoms with Crippen LogP contribution in [0.25, 0.3) is 10.8 Å². The average Bonchev–Trinajstić information content (AvgIpc) is 3.05. The van der Waals surface area contributed by atoms with Gasteiger partial charge in [0.2, 0.25) is 10.0 Å². The zero-order valence-electron chi connectivity index (χ0n) is 25.8. The summed E-state index contributed by atoms with van der Waals surface area (Å²) < 4.78 is 39.7. The Bertz CT molecular complexity index is 1810. The maximum absolute atomic E-state index is 13.6. The first-order chi connectivity index (χ1) is 21.8. The number of halogens is 3. The van der Waals surface area contributed by atoms with Crippen molar-refractivity contribution in [3.8, 4) is 11.5 Å². The molecule has 1 fully saturated rings. The van der Waals surface area contributed by atoms with Crippen molar-refractivity contribution in [3.05, 3.63) is 96.1 Å². The van der Waals surface area contributed by atoms with Gasteiger partial charge in [-0.2, -0.15) is 0 Å². The van der Waals surface area contributed by atoms with Crippen LogP contribution < -0.4 is 19.1 Å². The molecule has 0 aliphatic carbocycles. The van der Waals surface area contributed by atoms with E-state index in [0.717, 1.165) is 27.6 Å². The lowest BCUT2D eigenvalue weighted by molar-refractivity contribution is -0.130. The lowest BCUT2D eigenvalue weighted by Gasteiger charge is -2.37. The Labute approximate surface area is 285 Å². The van der Waals surface area contributed by atoms with E-state index < -0.39 is 25.1 Å². The number of nitrogens with zero attached hydrogens (tertiary/aromatic N) is 2. The highest BCUT2D eigenvalue weighted by Crippen LogP contribution is 2.35. The molecule has 1 N–H and O–H groups in total. The summed E-state index contributed by atoms with van der Waals surface area (Å²) in [5.74, 6) is 0.666. The summed E-state index contributed by atoms with van der Waals surface area (Å²) in [6.07, 6.45) is 0. The average molecular weight is 705 g/mol. The summed E-state index contributed by atoms with van der Waals surface area (Å²) in [7, 11) is -2.38. The molecular weight excluding hydrogens is 669 g/mol. The number of piperazine rings is 1. The summed E-state index contributed by atoms with van der Waals surface area (Å²) >= 11 is 17.4. The number of benzene rings is 4. The van der Waals surface area contributed by atoms with Gasteiger partial charge in [-0.15, -0.1) is 0 Å². The molecular formula is C34H36Cl3N3O5S. The van der Waals surface area contributed by atoms with Crippen molar-refractivity contribution in [2.24, 2.45) is 0 Å². The molecule has 12 heteroatoms. The van der Waals surface area contributed by atoms with Gasteiger partial charge in [-0.25, -0.2) is 13.1 Å². The number of hydrogen-bond acceptors (Lipinski definition) is 6. The molecule has 1 heterocycles. The van der Waals surface area contributed by atoms with Crippen LogP contribution >= 0.6 is 34.8 Å². The van der Waals surface area contributed by atoms with Gasteiger partial charge in [-0.1, -0.05) is 103 Å². The highest BCUT2D eigenvalue weighted by Gasteiger charge is 2.37. The van der Waals surface area contributed by atoms with E-state index in [9.17, 15) is 13.2 Å². The molecule has 0 saturated carbocycles. The number of anilines is 1. The molecule has 1 saturated heterocycles. The van der Waals surface area contributed by atoms with Crippen LogP contribution in [0.5, 0.6) is 11.5 Å². The SMILES string of the molecule is COc1ccc(S(=O)(=O)NCC(C)(C)c2cccc3ccc(OCc4ccccc4)cc23)cc1N1CCN(C(=O)C(Cl)(Cl)Cl)CC1. The monoisotopic (exact) mass is 703 g/mol. The van der Waals surface area contributed by atoms with Crippen molar-refractivity contribution >= 4 is 67.2 Å². The summed E-state index contributed by atoms with van der Waals surface area (Å²) in [5.41, 5.74) is 2.11. The Morgan fingerprint density at radius 1 is 0.891 bits per heavy atom. The van der Waals surface area contributed by atoms with Crippen molar-refractivity contribution in [1.29, 1.82) is 0 Å². The van der Waals surface area contributed by atoms with Crippen LogP contribution in [0.3, 0.4) is 0 Å². The number of nitrogens with one attached hydrogen (secondary N) is 1. The third-order valence-corrected chi connectivity index (χ3v) is 10.0. The van der Waals surface area contributed by atoms with Gasteiger partial charge in [-0.3, -0.25) is 4.79 Å². The molecule has 1 amide bonds. The van der Waals surface area contributed by atoms with E-state index in [1.165, 1.54) is 18.1 Å². The molecule has 244 valence electrons. The Balaban J connectivity index is 1.32. The Kier molecular flexibility index (Phi) is 10.3. The van der Waals surface area contributed by atoms with E-state index in [1.807, 2.05) is 85.5 Å². The normalized spacial score (nSPS) is 14.4. The number of hydrogen-bond donors (Lipinski definition) is 1. The molecule has 0 spiro atoms. The van der Waals surface area contributed by atoms with Crippen LogP contribution in [0.1, 0.15) is 25.0 Å². The van der Waals surface area contributed by atoms with Crippen molar-refractivity contribution < 1.29 is 22.7 Å². The summed E-state index contributed by atoms with van der Waals surface area (Å²) in [5, 5.41) is 2.03. The molecule has 0 radical (unpaired) electrons. The second kappa shape index (κ2) is 13.9. The highest BCUT2D eigenvalue weighted by atomic mass is 35.6. The highest BCUT2D eigenvalue weighted by molar-refractivity contribution is 7.89. The van der Waals surface area contributed by atoms with Crippen molar-refractivity contribution in [1.82, 2.24) is 9.62 Å². The number of rotatable bonds is 10. The van der Waals surface area contributed by atoms with Crippen molar-refractivity contribution in [2.45, 2.75) is 34.6 Å². The van der Waals surface area contributed by atoms with Gasteiger partial charge in [0.1, 0.15) is 18.1 Å². The molecule has 46 heavy (non-hydrogen) atoms. The van der Waals surface area contributed by atoms with Crippen LogP contribution in [0.2, 0.25) is 0 Å².